The molecule has 0 aliphatic carbocycles. The lowest BCUT2D eigenvalue weighted by atomic mass is 10.1. The molecule has 16 heavy (non-hydrogen) atoms. The second kappa shape index (κ2) is 11.1. The van der Waals surface area contributed by atoms with E-state index in [9.17, 15) is 9.59 Å². The van der Waals surface area contributed by atoms with E-state index in [0.29, 0.717) is 45.5 Å². The third-order valence-electron chi connectivity index (χ3n) is 2.02. The number of carbonyl (C=O) groups is 2. The van der Waals surface area contributed by atoms with Gasteiger partial charge in [0.2, 0.25) is 0 Å². The number of carbonyl (C=O) groups excluding carboxylic acids is 2. The summed E-state index contributed by atoms with van der Waals surface area (Å²) in [4.78, 5) is 21.8. The molecule has 0 amide bonds. The van der Waals surface area contributed by atoms with Gasteiger partial charge in [-0.25, -0.2) is 0 Å². The fraction of sp³-hybridized carbons (Fsp3) is 0.818. The molecule has 0 bridgehead atoms. The Kier molecular flexibility index (Phi) is 10.8. The van der Waals surface area contributed by atoms with Gasteiger partial charge in [-0.15, -0.1) is 12.6 Å². The van der Waals surface area contributed by atoms with Crippen molar-refractivity contribution in [3.63, 3.8) is 0 Å². The number of thiol groups is 1. The Morgan fingerprint density at radius 3 is 2.31 bits per heavy atom. The van der Waals surface area contributed by atoms with Crippen LogP contribution < -0.4 is 0 Å². The van der Waals surface area contributed by atoms with Crippen LogP contribution in [-0.2, 0) is 19.1 Å². The molecule has 0 heterocycles. The maximum Gasteiger partial charge on any atom is 0.185 e. The zero-order valence-corrected chi connectivity index (χ0v) is 10.6. The first-order valence-corrected chi connectivity index (χ1v) is 5.91. The van der Waals surface area contributed by atoms with Gasteiger partial charge in [-0.05, 0) is 12.8 Å². The minimum atomic E-state index is -0.157. The van der Waals surface area contributed by atoms with Crippen LogP contribution in [0, 0.1) is 0 Å². The molecule has 0 radical (unpaired) electrons. The molecule has 0 rings (SSSR count). The molecule has 0 fully saturated rings. The minimum absolute atomic E-state index is 0.157. The maximum atomic E-state index is 11.3. The lowest BCUT2D eigenvalue weighted by Gasteiger charge is -2.03. The highest BCUT2D eigenvalue weighted by molar-refractivity contribution is 7.96. The molecule has 0 aromatic rings. The van der Waals surface area contributed by atoms with E-state index in [0.717, 1.165) is 6.42 Å². The molecule has 0 spiro atoms. The van der Waals surface area contributed by atoms with Crippen LogP contribution in [0.4, 0.5) is 0 Å². The van der Waals surface area contributed by atoms with Crippen LogP contribution >= 0.6 is 12.6 Å². The lowest BCUT2D eigenvalue weighted by Crippen LogP contribution is -2.05. The lowest BCUT2D eigenvalue weighted by molar-refractivity contribution is -0.119. The van der Waals surface area contributed by atoms with Crippen molar-refractivity contribution < 1.29 is 19.1 Å². The first-order valence-electron chi connectivity index (χ1n) is 5.47. The van der Waals surface area contributed by atoms with E-state index in [1.807, 2.05) is 0 Å². The van der Waals surface area contributed by atoms with Crippen LogP contribution in [0.3, 0.4) is 0 Å². The molecule has 0 aromatic heterocycles. The fourth-order valence-electron chi connectivity index (χ4n) is 1.18. The molecule has 0 aliphatic heterocycles. The number of hydrogen-bond donors (Lipinski definition) is 1. The summed E-state index contributed by atoms with van der Waals surface area (Å²) in [5, 5.41) is -0.157. The molecular formula is C11H20O4S. The van der Waals surface area contributed by atoms with Crippen LogP contribution in [0.2, 0.25) is 0 Å². The summed E-state index contributed by atoms with van der Waals surface area (Å²) >= 11 is 3.64. The van der Waals surface area contributed by atoms with E-state index in [2.05, 4.69) is 12.6 Å². The number of rotatable bonds is 11. The molecule has 0 aromatic carbocycles. The Bertz CT molecular complexity index is 206. The number of Topliss-reactive ketones (excluding diaryl/α,β-unsaturated/α-hetero) is 1. The smallest absolute Gasteiger partial charge is 0.185 e. The zero-order chi connectivity index (χ0) is 12.2. The number of hydrogen-bond acceptors (Lipinski definition) is 4. The van der Waals surface area contributed by atoms with Gasteiger partial charge in [0.05, 0.1) is 13.2 Å². The van der Waals surface area contributed by atoms with Gasteiger partial charge in [0.1, 0.15) is 5.78 Å². The van der Waals surface area contributed by atoms with Crippen LogP contribution in [0.25, 0.3) is 0 Å². The molecule has 4 nitrogen and oxygen atoms in total. The van der Waals surface area contributed by atoms with Gasteiger partial charge in [0, 0.05) is 33.0 Å². The van der Waals surface area contributed by atoms with E-state index in [-0.39, 0.29) is 10.9 Å². The summed E-state index contributed by atoms with van der Waals surface area (Å²) in [6.45, 7) is 1.73. The molecule has 5 heteroatoms. The summed E-state index contributed by atoms with van der Waals surface area (Å²) in [6, 6.07) is 0. The summed E-state index contributed by atoms with van der Waals surface area (Å²) < 4.78 is 10.0. The SMILES string of the molecule is COCCOCCCC(=O)CCCC(=O)S. The van der Waals surface area contributed by atoms with Gasteiger partial charge in [-0.1, -0.05) is 0 Å². The van der Waals surface area contributed by atoms with Crippen molar-refractivity contribution >= 4 is 23.5 Å². The first kappa shape index (κ1) is 15.6. The van der Waals surface area contributed by atoms with Crippen LogP contribution in [0.1, 0.15) is 32.1 Å². The second-order valence-corrected chi connectivity index (χ2v) is 3.99. The standard InChI is InChI=1S/C11H20O4S/c1-14-8-9-15-7-3-5-10(12)4-2-6-11(13)16/h2-9H2,1H3,(H,13,16). The highest BCUT2D eigenvalue weighted by atomic mass is 32.1. The summed E-state index contributed by atoms with van der Waals surface area (Å²) in [6.07, 6.45) is 2.69. The Hall–Kier alpha value is -0.390. The van der Waals surface area contributed by atoms with E-state index in [4.69, 9.17) is 9.47 Å². The molecule has 0 unspecified atom stereocenters. The van der Waals surface area contributed by atoms with Crippen LogP contribution in [0.15, 0.2) is 0 Å². The molecule has 94 valence electrons. The van der Waals surface area contributed by atoms with Crippen molar-refractivity contribution in [2.24, 2.45) is 0 Å². The number of ketones is 1. The van der Waals surface area contributed by atoms with Crippen molar-refractivity contribution in [3.8, 4) is 0 Å². The second-order valence-electron chi connectivity index (χ2n) is 3.49. The molecule has 0 N–H and O–H groups in total. The third-order valence-corrected chi connectivity index (χ3v) is 2.25. The van der Waals surface area contributed by atoms with E-state index >= 15 is 0 Å². The van der Waals surface area contributed by atoms with Crippen molar-refractivity contribution in [1.82, 2.24) is 0 Å². The van der Waals surface area contributed by atoms with Gasteiger partial charge in [-0.3, -0.25) is 9.59 Å². The Balaban J connectivity index is 3.20. The van der Waals surface area contributed by atoms with Crippen LogP contribution in [0.5, 0.6) is 0 Å². The first-order chi connectivity index (χ1) is 7.66. The average Bonchev–Trinajstić information content (AvgIpc) is 2.22. The average molecular weight is 248 g/mol. The predicted octanol–water partition coefficient (Wildman–Crippen LogP) is 1.63. The van der Waals surface area contributed by atoms with Crippen molar-refractivity contribution in [3.05, 3.63) is 0 Å². The summed E-state index contributed by atoms with van der Waals surface area (Å²) in [7, 11) is 1.62. The van der Waals surface area contributed by atoms with Gasteiger partial charge in [0.15, 0.2) is 5.12 Å². The Morgan fingerprint density at radius 2 is 1.69 bits per heavy atom. The molecule has 0 saturated heterocycles. The Morgan fingerprint density at radius 1 is 1.00 bits per heavy atom. The van der Waals surface area contributed by atoms with Crippen molar-refractivity contribution in [2.45, 2.75) is 32.1 Å². The summed E-state index contributed by atoms with van der Waals surface area (Å²) in [5.74, 6) is 0.185. The van der Waals surface area contributed by atoms with E-state index < -0.39 is 0 Å². The number of methoxy groups -OCH3 is 1. The third kappa shape index (κ3) is 11.7. The largest absolute Gasteiger partial charge is 0.382 e. The summed E-state index contributed by atoms with van der Waals surface area (Å²) in [5.41, 5.74) is 0. The van der Waals surface area contributed by atoms with E-state index in [1.54, 1.807) is 7.11 Å². The fourth-order valence-corrected chi connectivity index (χ4v) is 1.34. The van der Waals surface area contributed by atoms with Crippen molar-refractivity contribution in [1.29, 1.82) is 0 Å². The Labute approximate surface area is 102 Å². The van der Waals surface area contributed by atoms with Gasteiger partial charge >= 0.3 is 0 Å². The highest BCUT2D eigenvalue weighted by Crippen LogP contribution is 2.03. The monoisotopic (exact) mass is 248 g/mol. The predicted molar refractivity (Wildman–Crippen MR) is 64.8 cm³/mol. The zero-order valence-electron chi connectivity index (χ0n) is 9.74. The minimum Gasteiger partial charge on any atom is -0.382 e. The molecular weight excluding hydrogens is 228 g/mol. The van der Waals surface area contributed by atoms with E-state index in [1.165, 1.54) is 0 Å². The normalized spacial score (nSPS) is 10.4. The molecule has 0 atom stereocenters. The maximum absolute atomic E-state index is 11.3. The van der Waals surface area contributed by atoms with Gasteiger partial charge in [-0.2, -0.15) is 0 Å². The quantitative estimate of drug-likeness (QED) is 0.446. The molecule has 0 aliphatic rings. The van der Waals surface area contributed by atoms with Crippen LogP contribution in [-0.4, -0.2) is 37.8 Å². The molecule has 0 saturated carbocycles. The topological polar surface area (TPSA) is 52.6 Å². The van der Waals surface area contributed by atoms with Gasteiger partial charge < -0.3 is 9.47 Å². The highest BCUT2D eigenvalue weighted by Gasteiger charge is 2.03. The van der Waals surface area contributed by atoms with Gasteiger partial charge in [0.25, 0.3) is 0 Å². The number of ether oxygens (including phenoxy) is 2. The van der Waals surface area contributed by atoms with Crippen molar-refractivity contribution in [2.75, 3.05) is 26.9 Å².